The Bertz CT molecular complexity index is 1140. The number of hydrogen-bond donors (Lipinski definition) is 0. The smallest absolute Gasteiger partial charge is 0.253 e. The van der Waals surface area contributed by atoms with Gasteiger partial charge < -0.3 is 9.64 Å². The monoisotopic (exact) mass is 462 g/mol. The minimum atomic E-state index is -0.460. The Morgan fingerprint density at radius 1 is 0.970 bits per heavy atom. The van der Waals surface area contributed by atoms with E-state index in [1.165, 1.54) is 0 Å². The maximum Gasteiger partial charge on any atom is 0.253 e. The zero-order chi connectivity index (χ0) is 23.5. The number of halogens is 1. The second kappa shape index (κ2) is 9.98. The largest absolute Gasteiger partial charge is 0.456 e. The van der Waals surface area contributed by atoms with E-state index in [-0.39, 0.29) is 6.04 Å². The maximum absolute atomic E-state index is 12.3. The van der Waals surface area contributed by atoms with Crippen LogP contribution in [0.15, 0.2) is 72.0 Å². The van der Waals surface area contributed by atoms with E-state index in [1.54, 1.807) is 6.07 Å². The van der Waals surface area contributed by atoms with Crippen molar-refractivity contribution in [1.82, 2.24) is 4.90 Å². The molecule has 0 amide bonds. The first-order valence-electron chi connectivity index (χ1n) is 11.8. The van der Waals surface area contributed by atoms with Crippen LogP contribution < -0.4 is 9.64 Å². The summed E-state index contributed by atoms with van der Waals surface area (Å²) in [6.07, 6.45) is 6.51. The van der Waals surface area contributed by atoms with Gasteiger partial charge in [-0.25, -0.2) is 0 Å². The summed E-state index contributed by atoms with van der Waals surface area (Å²) in [5.41, 5.74) is 5.37. The van der Waals surface area contributed by atoms with Gasteiger partial charge in [0.15, 0.2) is 0 Å². The van der Waals surface area contributed by atoms with E-state index < -0.39 is 5.24 Å². The summed E-state index contributed by atoms with van der Waals surface area (Å²) in [5, 5.41) is -0.460. The van der Waals surface area contributed by atoms with Gasteiger partial charge in [0.1, 0.15) is 11.5 Å². The molecule has 0 radical (unpaired) electrons. The second-order valence-electron chi connectivity index (χ2n) is 8.16. The van der Waals surface area contributed by atoms with E-state index in [0.29, 0.717) is 5.56 Å². The van der Waals surface area contributed by atoms with Gasteiger partial charge in [-0.15, -0.1) is 0 Å². The summed E-state index contributed by atoms with van der Waals surface area (Å²) >= 11 is 6.00. The van der Waals surface area contributed by atoms with Crippen molar-refractivity contribution < 1.29 is 9.53 Å². The number of nitrogens with zero attached hydrogens (tertiary/aromatic N) is 2. The minimum absolute atomic E-state index is 0.164. The number of carbonyl (C=O) groups excluding carboxylic acids is 1. The topological polar surface area (TPSA) is 32.8 Å². The molecule has 0 N–H and O–H groups in total. The normalized spacial score (nSPS) is 16.8. The summed E-state index contributed by atoms with van der Waals surface area (Å²) in [5.74, 6) is 1.63. The number of rotatable bonds is 8. The van der Waals surface area contributed by atoms with Gasteiger partial charge in [-0.2, -0.15) is 0 Å². The fourth-order valence-electron chi connectivity index (χ4n) is 4.76. The molecule has 1 unspecified atom stereocenters. The van der Waals surface area contributed by atoms with Gasteiger partial charge in [0.05, 0.1) is 6.04 Å². The van der Waals surface area contributed by atoms with Gasteiger partial charge >= 0.3 is 0 Å². The highest BCUT2D eigenvalue weighted by molar-refractivity contribution is 6.68. The molecule has 1 aliphatic carbocycles. The third-order valence-electron chi connectivity index (χ3n) is 6.54. The van der Waals surface area contributed by atoms with Crippen LogP contribution in [-0.2, 0) is 0 Å². The fourth-order valence-corrected chi connectivity index (χ4v) is 4.92. The van der Waals surface area contributed by atoms with E-state index in [9.17, 15) is 4.79 Å². The minimum Gasteiger partial charge on any atom is -0.456 e. The lowest BCUT2D eigenvalue weighted by atomic mass is 9.85. The lowest BCUT2D eigenvalue weighted by molar-refractivity contribution is 0.108. The first-order chi connectivity index (χ1) is 16.0. The predicted octanol–water partition coefficient (Wildman–Crippen LogP) is 6.27. The predicted molar refractivity (Wildman–Crippen MR) is 137 cm³/mol. The molecule has 0 aromatic heterocycles. The van der Waals surface area contributed by atoms with Crippen molar-refractivity contribution in [2.24, 2.45) is 0 Å². The van der Waals surface area contributed by atoms with E-state index in [4.69, 9.17) is 16.3 Å². The Morgan fingerprint density at radius 3 is 2.36 bits per heavy atom. The van der Waals surface area contributed by atoms with E-state index in [0.717, 1.165) is 65.6 Å². The van der Waals surface area contributed by atoms with Gasteiger partial charge in [-0.3, -0.25) is 9.69 Å². The molecular formula is C28H31ClN2O2. The fraction of sp³-hybridized carbons (Fsp3) is 0.321. The van der Waals surface area contributed by atoms with Gasteiger partial charge in [-0.05, 0) is 68.4 Å². The van der Waals surface area contributed by atoms with Crippen molar-refractivity contribution in [3.8, 4) is 5.75 Å². The lowest BCUT2D eigenvalue weighted by Gasteiger charge is -2.33. The zero-order valence-electron chi connectivity index (χ0n) is 19.8. The third kappa shape index (κ3) is 4.38. The summed E-state index contributed by atoms with van der Waals surface area (Å²) in [6.45, 7) is 12.4. The Balaban J connectivity index is 1.94. The number of ether oxygens (including phenoxy) is 1. The van der Waals surface area contributed by atoms with Gasteiger partial charge in [0.2, 0.25) is 0 Å². The standard InChI is InChI=1S/C28H31ClN2O2/c1-5-30(6-2)19-13-15-23-25(17-19)33-26-18-20(31(7-3)8-4)14-16-24(26)27(23)21-11-9-10-12-22(21)28(29)32/h9-19H,5-8H2,1-4H3. The van der Waals surface area contributed by atoms with Crippen LogP contribution in [0.25, 0.3) is 5.57 Å². The number of likely N-dealkylation sites (N-methyl/N-ethyl adjacent to an activating group) is 1. The lowest BCUT2D eigenvalue weighted by Crippen LogP contribution is -2.34. The maximum atomic E-state index is 12.3. The van der Waals surface area contributed by atoms with Gasteiger partial charge in [-0.1, -0.05) is 44.2 Å². The van der Waals surface area contributed by atoms with E-state index in [1.807, 2.05) is 18.2 Å². The molecule has 0 bridgehead atoms. The highest BCUT2D eigenvalue weighted by Gasteiger charge is 2.30. The molecule has 2 aromatic carbocycles. The highest BCUT2D eigenvalue weighted by Crippen LogP contribution is 2.45. The number of carbonyl (C=O) groups is 1. The van der Waals surface area contributed by atoms with Crippen molar-refractivity contribution in [3.05, 3.63) is 88.7 Å². The van der Waals surface area contributed by atoms with Crippen LogP contribution in [0.3, 0.4) is 0 Å². The van der Waals surface area contributed by atoms with Crippen LogP contribution in [0, 0.1) is 0 Å². The van der Waals surface area contributed by atoms with Crippen LogP contribution in [0.1, 0.15) is 49.2 Å². The van der Waals surface area contributed by atoms with Crippen molar-refractivity contribution in [2.45, 2.75) is 33.7 Å². The molecule has 2 aromatic rings. The molecule has 4 rings (SSSR count). The van der Waals surface area contributed by atoms with Crippen molar-refractivity contribution in [2.75, 3.05) is 31.1 Å². The molecule has 172 valence electrons. The summed E-state index contributed by atoms with van der Waals surface area (Å²) in [7, 11) is 0. The number of benzene rings is 2. The molecule has 33 heavy (non-hydrogen) atoms. The Kier molecular flexibility index (Phi) is 7.06. The van der Waals surface area contributed by atoms with Crippen LogP contribution >= 0.6 is 11.6 Å². The SMILES string of the molecule is CCN(CC)c1ccc2c(c1)OC1=CC(N(CC)CC)C=CC1=C2c1ccccc1C(=O)Cl. The van der Waals surface area contributed by atoms with Crippen molar-refractivity contribution >= 4 is 28.1 Å². The zero-order valence-corrected chi connectivity index (χ0v) is 20.5. The summed E-state index contributed by atoms with van der Waals surface area (Å²) in [6, 6.07) is 14.0. The molecule has 0 spiro atoms. The summed E-state index contributed by atoms with van der Waals surface area (Å²) in [4.78, 5) is 17.0. The van der Waals surface area contributed by atoms with Crippen molar-refractivity contribution in [3.63, 3.8) is 0 Å². The average molecular weight is 463 g/mol. The molecule has 1 atom stereocenters. The second-order valence-corrected chi connectivity index (χ2v) is 8.51. The van der Waals surface area contributed by atoms with Crippen LogP contribution in [0.2, 0.25) is 0 Å². The first-order valence-corrected chi connectivity index (χ1v) is 12.1. The third-order valence-corrected chi connectivity index (χ3v) is 6.75. The van der Waals surface area contributed by atoms with Gasteiger partial charge in [0, 0.05) is 47.1 Å². The Morgan fingerprint density at radius 2 is 1.70 bits per heavy atom. The number of hydrogen-bond acceptors (Lipinski definition) is 4. The number of fused-ring (bicyclic) bond motifs is 2. The molecular weight excluding hydrogens is 432 g/mol. The van der Waals surface area contributed by atoms with Gasteiger partial charge in [0.25, 0.3) is 5.24 Å². The Hall–Kier alpha value is -2.82. The molecule has 0 fully saturated rings. The average Bonchev–Trinajstić information content (AvgIpc) is 2.84. The summed E-state index contributed by atoms with van der Waals surface area (Å²) < 4.78 is 6.52. The number of anilines is 1. The highest BCUT2D eigenvalue weighted by atomic mass is 35.5. The van der Waals surface area contributed by atoms with E-state index in [2.05, 4.69) is 73.9 Å². The van der Waals surface area contributed by atoms with Crippen LogP contribution in [-0.4, -0.2) is 42.4 Å². The van der Waals surface area contributed by atoms with Crippen LogP contribution in [0.5, 0.6) is 5.75 Å². The molecule has 0 saturated carbocycles. The molecule has 5 heteroatoms. The molecule has 0 saturated heterocycles. The first kappa shape index (κ1) is 23.3. The Labute approximate surface area is 201 Å². The molecule has 1 aliphatic heterocycles. The van der Waals surface area contributed by atoms with Crippen LogP contribution in [0.4, 0.5) is 5.69 Å². The van der Waals surface area contributed by atoms with Crippen molar-refractivity contribution in [1.29, 1.82) is 0 Å². The number of allylic oxidation sites excluding steroid dienone is 1. The quantitative estimate of drug-likeness (QED) is 0.433. The molecule has 1 heterocycles. The molecule has 4 nitrogen and oxygen atoms in total. The molecule has 2 aliphatic rings. The van der Waals surface area contributed by atoms with E-state index >= 15 is 0 Å².